The number of hydrogen-bond acceptors (Lipinski definition) is 5. The number of amides is 1. The van der Waals surface area contributed by atoms with Gasteiger partial charge in [-0.3, -0.25) is 9.78 Å². The number of aromatic nitrogens is 1. The zero-order valence-corrected chi connectivity index (χ0v) is 24.2. The van der Waals surface area contributed by atoms with Crippen LogP contribution in [0.4, 0.5) is 11.4 Å². The normalized spacial score (nSPS) is 18.2. The second kappa shape index (κ2) is 12.0. The number of rotatable bonds is 6. The summed E-state index contributed by atoms with van der Waals surface area (Å²) in [5, 5.41) is 9.61. The molecule has 38 heavy (non-hydrogen) atoms. The highest BCUT2D eigenvalue weighted by Crippen LogP contribution is 2.37. The molecule has 3 aromatic rings. The predicted octanol–water partition coefficient (Wildman–Crippen LogP) is 7.26. The van der Waals surface area contributed by atoms with Gasteiger partial charge < -0.3 is 20.4 Å². The number of hydrogen-bond donors (Lipinski definition) is 2. The summed E-state index contributed by atoms with van der Waals surface area (Å²) in [5.74, 6) is 0.0155. The van der Waals surface area contributed by atoms with Crippen molar-refractivity contribution in [2.45, 2.75) is 44.6 Å². The van der Waals surface area contributed by atoms with Crippen LogP contribution in [0.2, 0.25) is 5.02 Å². The molecule has 5 rings (SSSR count). The Balaban J connectivity index is 1.42. The Hall–Kier alpha value is -2.77. The van der Waals surface area contributed by atoms with E-state index in [4.69, 9.17) is 11.6 Å². The molecule has 8 heteroatoms. The van der Waals surface area contributed by atoms with Crippen LogP contribution < -0.4 is 10.6 Å². The molecule has 200 valence electrons. The van der Waals surface area contributed by atoms with Gasteiger partial charge >= 0.3 is 0 Å². The van der Waals surface area contributed by atoms with Crippen LogP contribution in [-0.4, -0.2) is 60.0 Å². The van der Waals surface area contributed by atoms with Crippen LogP contribution in [0.1, 0.15) is 54.4 Å². The summed E-state index contributed by atoms with van der Waals surface area (Å²) in [7, 11) is 1.95. The molecule has 0 spiro atoms. The van der Waals surface area contributed by atoms with Gasteiger partial charge in [-0.05, 0) is 68.2 Å². The molecule has 2 N–H and O–H groups in total. The minimum absolute atomic E-state index is 0.0155. The zero-order chi connectivity index (χ0) is 26.6. The fourth-order valence-electron chi connectivity index (χ4n) is 5.66. The first kappa shape index (κ1) is 26.8. The van der Waals surface area contributed by atoms with E-state index in [0.29, 0.717) is 17.1 Å². The number of likely N-dealkylation sites (tertiary alicyclic amines) is 2. The van der Waals surface area contributed by atoms with E-state index in [1.165, 1.54) is 19.3 Å². The third kappa shape index (κ3) is 5.79. The molecule has 3 heterocycles. The van der Waals surface area contributed by atoms with Crippen LogP contribution in [0.5, 0.6) is 0 Å². The lowest BCUT2D eigenvalue weighted by atomic mass is 10.0. The molecular formula is C30H35BrClN5O. The summed E-state index contributed by atoms with van der Waals surface area (Å²) >= 11 is 9.89. The van der Waals surface area contributed by atoms with Gasteiger partial charge in [0.25, 0.3) is 5.91 Å². The summed E-state index contributed by atoms with van der Waals surface area (Å²) in [4.78, 5) is 22.5. The Morgan fingerprint density at radius 1 is 1.03 bits per heavy atom. The molecule has 2 fully saturated rings. The minimum Gasteiger partial charge on any atom is -0.386 e. The number of piperidine rings is 1. The predicted molar refractivity (Wildman–Crippen MR) is 162 cm³/mol. The Morgan fingerprint density at radius 3 is 2.58 bits per heavy atom. The van der Waals surface area contributed by atoms with E-state index >= 15 is 0 Å². The van der Waals surface area contributed by atoms with E-state index in [1.54, 1.807) is 12.4 Å². The molecule has 1 atom stereocenters. The third-order valence-corrected chi connectivity index (χ3v) is 8.37. The lowest BCUT2D eigenvalue weighted by Gasteiger charge is -2.33. The zero-order valence-electron chi connectivity index (χ0n) is 21.9. The Labute approximate surface area is 238 Å². The number of nitrogens with zero attached hydrogens (tertiary/aromatic N) is 3. The lowest BCUT2D eigenvalue weighted by Crippen LogP contribution is -2.39. The lowest BCUT2D eigenvalue weighted by molar-refractivity contribution is 0.0759. The van der Waals surface area contributed by atoms with Crippen LogP contribution in [0, 0.1) is 0 Å². The van der Waals surface area contributed by atoms with Crippen molar-refractivity contribution < 1.29 is 4.79 Å². The summed E-state index contributed by atoms with van der Waals surface area (Å²) in [6, 6.07) is 9.97. The first-order valence-electron chi connectivity index (χ1n) is 13.5. The van der Waals surface area contributed by atoms with Gasteiger partial charge in [0, 0.05) is 77.8 Å². The van der Waals surface area contributed by atoms with E-state index in [0.717, 1.165) is 76.8 Å². The van der Waals surface area contributed by atoms with Crippen molar-refractivity contribution in [1.82, 2.24) is 14.8 Å². The molecule has 0 unspecified atom stereocenters. The standard InChI is InChI=1S/C30H35BrClN5O/c1-20(36-11-5-3-6-12-36)26-15-22(31)16-28(33-2)29(26)35-24-8-4-7-13-37(19-24)30(38)27-18-34-17-21-14-23(32)9-10-25(21)27/h9-10,14-18,24,33,35H,1,3-8,11-13,19H2,2H3/t24-/m1/s1. The molecular weight excluding hydrogens is 562 g/mol. The topological polar surface area (TPSA) is 60.5 Å². The van der Waals surface area contributed by atoms with Crippen molar-refractivity contribution in [1.29, 1.82) is 0 Å². The van der Waals surface area contributed by atoms with Gasteiger partial charge in [-0.25, -0.2) is 0 Å². The number of pyridine rings is 1. The van der Waals surface area contributed by atoms with Crippen molar-refractivity contribution in [2.24, 2.45) is 0 Å². The van der Waals surface area contributed by atoms with Crippen molar-refractivity contribution in [2.75, 3.05) is 43.9 Å². The van der Waals surface area contributed by atoms with Crippen molar-refractivity contribution in [3.63, 3.8) is 0 Å². The van der Waals surface area contributed by atoms with E-state index in [2.05, 4.69) is 55.2 Å². The van der Waals surface area contributed by atoms with Gasteiger partial charge in [0.15, 0.2) is 0 Å². The number of nitrogens with one attached hydrogen (secondary N) is 2. The maximum atomic E-state index is 13.8. The van der Waals surface area contributed by atoms with Gasteiger partial charge in [0.2, 0.25) is 0 Å². The number of fused-ring (bicyclic) bond motifs is 1. The van der Waals surface area contributed by atoms with Crippen LogP contribution in [0.15, 0.2) is 53.8 Å². The molecule has 0 aliphatic carbocycles. The van der Waals surface area contributed by atoms with Crippen LogP contribution in [0.25, 0.3) is 16.5 Å². The molecule has 0 saturated carbocycles. The number of halogens is 2. The number of carbonyl (C=O) groups is 1. The van der Waals surface area contributed by atoms with Crippen molar-refractivity contribution >= 4 is 61.3 Å². The molecule has 0 radical (unpaired) electrons. The Morgan fingerprint density at radius 2 is 1.79 bits per heavy atom. The number of carbonyl (C=O) groups excluding carboxylic acids is 1. The van der Waals surface area contributed by atoms with Crippen molar-refractivity contribution in [3.8, 4) is 0 Å². The van der Waals surface area contributed by atoms with E-state index < -0.39 is 0 Å². The summed E-state index contributed by atoms with van der Waals surface area (Å²) in [5.41, 5.74) is 4.84. The molecule has 2 aliphatic heterocycles. The summed E-state index contributed by atoms with van der Waals surface area (Å²) < 4.78 is 1.02. The Kier molecular flexibility index (Phi) is 8.44. The first-order chi connectivity index (χ1) is 18.4. The molecule has 0 bridgehead atoms. The van der Waals surface area contributed by atoms with E-state index in [-0.39, 0.29) is 11.9 Å². The number of anilines is 2. The maximum absolute atomic E-state index is 13.8. The van der Waals surface area contributed by atoms with Gasteiger partial charge in [0.05, 0.1) is 16.9 Å². The quantitative estimate of drug-likeness (QED) is 0.314. The molecule has 1 aromatic heterocycles. The fourth-order valence-corrected chi connectivity index (χ4v) is 6.30. The molecule has 2 aliphatic rings. The van der Waals surface area contributed by atoms with Gasteiger partial charge in [-0.1, -0.05) is 40.2 Å². The highest BCUT2D eigenvalue weighted by atomic mass is 79.9. The van der Waals surface area contributed by atoms with Crippen LogP contribution >= 0.6 is 27.5 Å². The van der Waals surface area contributed by atoms with Gasteiger partial charge in [0.1, 0.15) is 0 Å². The van der Waals surface area contributed by atoms with Gasteiger partial charge in [-0.2, -0.15) is 0 Å². The SMILES string of the molecule is C=C(c1cc(Br)cc(NC)c1N[C@@H]1CCCCN(C(=O)c2cncc3cc(Cl)ccc23)C1)N1CCCCC1. The highest BCUT2D eigenvalue weighted by Gasteiger charge is 2.26. The fraction of sp³-hybridized carbons (Fsp3) is 0.400. The molecule has 2 saturated heterocycles. The molecule has 1 amide bonds. The second-order valence-electron chi connectivity index (χ2n) is 10.3. The van der Waals surface area contributed by atoms with Crippen molar-refractivity contribution in [3.05, 3.63) is 69.9 Å². The summed E-state index contributed by atoms with van der Waals surface area (Å²) in [6.07, 6.45) is 10.1. The average Bonchev–Trinajstić information content (AvgIpc) is 3.18. The molecule has 2 aromatic carbocycles. The first-order valence-corrected chi connectivity index (χ1v) is 14.7. The van der Waals surface area contributed by atoms with Crippen LogP contribution in [-0.2, 0) is 0 Å². The highest BCUT2D eigenvalue weighted by molar-refractivity contribution is 9.10. The smallest absolute Gasteiger partial charge is 0.256 e. The monoisotopic (exact) mass is 595 g/mol. The number of benzene rings is 2. The van der Waals surface area contributed by atoms with E-state index in [9.17, 15) is 4.79 Å². The Bertz CT molecular complexity index is 1340. The third-order valence-electron chi connectivity index (χ3n) is 7.68. The summed E-state index contributed by atoms with van der Waals surface area (Å²) in [6.45, 7) is 7.94. The average molecular weight is 597 g/mol. The minimum atomic E-state index is 0.0155. The van der Waals surface area contributed by atoms with Gasteiger partial charge in [-0.15, -0.1) is 0 Å². The molecule has 6 nitrogen and oxygen atoms in total. The maximum Gasteiger partial charge on any atom is 0.256 e. The van der Waals surface area contributed by atoms with E-state index in [1.807, 2.05) is 30.1 Å². The largest absolute Gasteiger partial charge is 0.386 e. The second-order valence-corrected chi connectivity index (χ2v) is 11.6. The van der Waals surface area contributed by atoms with Crippen LogP contribution in [0.3, 0.4) is 0 Å².